The number of hydrogen-bond donors (Lipinski definition) is 2. The number of halogens is 1. The molecule has 5 atom stereocenters. The van der Waals surface area contributed by atoms with Crippen molar-refractivity contribution < 1.29 is 29.0 Å². The van der Waals surface area contributed by atoms with Gasteiger partial charge in [0.15, 0.2) is 13.9 Å². The molecule has 4 aliphatic rings. The zero-order valence-corrected chi connectivity index (χ0v) is 31.2. The number of ether oxygens (including phenoxy) is 1. The van der Waals surface area contributed by atoms with E-state index in [9.17, 15) is 24.3 Å². The number of anilines is 2. The number of aliphatic hydroxyl groups is 1. The number of carbonyl (C=O) groups excluding carboxylic acids is 3. The molecule has 0 aromatic heterocycles. The molecule has 4 heterocycles. The topological polar surface area (TPSA) is 123 Å². The number of amides is 3. The van der Waals surface area contributed by atoms with Gasteiger partial charge in [0, 0.05) is 40.9 Å². The lowest BCUT2D eigenvalue weighted by Gasteiger charge is -2.33. The normalized spacial score (nSPS) is 26.6. The molecule has 3 aromatic rings. The lowest BCUT2D eigenvalue weighted by Crippen LogP contribution is -2.46. The van der Waals surface area contributed by atoms with Gasteiger partial charge >= 0.3 is 0 Å². The number of hydrogen-bond acceptors (Lipinski definition) is 7. The van der Waals surface area contributed by atoms with Gasteiger partial charge in [0.05, 0.1) is 48.8 Å². The van der Waals surface area contributed by atoms with Gasteiger partial charge in [-0.25, -0.2) is 5.01 Å². The Labute approximate surface area is 302 Å². The molecule has 0 unspecified atom stereocenters. The van der Waals surface area contributed by atoms with Crippen LogP contribution in [0.2, 0.25) is 18.6 Å². The summed E-state index contributed by atoms with van der Waals surface area (Å²) in [6.07, 6.45) is 1.84. The molecule has 4 aliphatic heterocycles. The molecular weight excluding hydrogens is 716 g/mol. The van der Waals surface area contributed by atoms with Gasteiger partial charge in [-0.1, -0.05) is 65.3 Å². The first kappa shape index (κ1) is 34.8. The fourth-order valence-corrected chi connectivity index (χ4v) is 11.5. The summed E-state index contributed by atoms with van der Waals surface area (Å²) in [5.74, 6) is -0.886. The van der Waals surface area contributed by atoms with E-state index < -0.39 is 31.5 Å². The van der Waals surface area contributed by atoms with E-state index in [1.54, 1.807) is 9.80 Å². The second kappa shape index (κ2) is 13.5. The maximum atomic E-state index is 14.9. The first-order valence-electron chi connectivity index (χ1n) is 17.4. The Balaban J connectivity index is 1.21. The highest BCUT2D eigenvalue weighted by atomic mass is 79.9. The molecule has 2 saturated heterocycles. The van der Waals surface area contributed by atoms with Gasteiger partial charge in [0.2, 0.25) is 11.8 Å². The average Bonchev–Trinajstić information content (AvgIpc) is 3.76. The predicted octanol–water partition coefficient (Wildman–Crippen LogP) is 5.70. The van der Waals surface area contributed by atoms with E-state index in [-0.39, 0.29) is 43.3 Å². The smallest absolute Gasteiger partial charge is 0.264 e. The molecule has 262 valence electrons. The van der Waals surface area contributed by atoms with Crippen LogP contribution in [0.15, 0.2) is 82.4 Å². The van der Waals surface area contributed by atoms with Crippen molar-refractivity contribution >= 4 is 59.1 Å². The SMILES string of the molecule is C[C@@H]1[C@@H]([Si](C)(C)O)[C@H](CC(=O)N2CCC[C@H]2CO)O[C@@]12C(=O)N(Cc1cccc(N3N=C(c4ccccc4)CCC3=O)c1)c1ccc(Br)cc12. The molecule has 1 spiro atoms. The quantitative estimate of drug-likeness (QED) is 0.285. The Morgan fingerprint density at radius 3 is 2.58 bits per heavy atom. The molecule has 0 saturated carbocycles. The third-order valence-electron chi connectivity index (χ3n) is 10.9. The highest BCUT2D eigenvalue weighted by molar-refractivity contribution is 9.10. The van der Waals surface area contributed by atoms with Gasteiger partial charge in [-0.15, -0.1) is 0 Å². The summed E-state index contributed by atoms with van der Waals surface area (Å²) in [4.78, 5) is 56.8. The standard InChI is InChI=1S/C38H43BrN4O6Si/c1-24-36(50(2,3)48)33(21-35(46)41-18-8-13-29(41)23-44)49-38(24)30-20-27(39)14-16-32(30)42(37(38)47)22-25-9-7-12-28(19-25)43-34(45)17-15-31(40-43)26-10-5-4-6-11-26/h4-7,9-12,14,16,19-20,24,29,33,36,44,48H,8,13,15,17-18,21-23H2,1-3H3/t24-,29+,33+,36-,38+/m1/s1. The van der Waals surface area contributed by atoms with E-state index in [4.69, 9.17) is 9.84 Å². The summed E-state index contributed by atoms with van der Waals surface area (Å²) in [6, 6.07) is 22.9. The second-order valence-electron chi connectivity index (χ2n) is 14.5. The van der Waals surface area contributed by atoms with Crippen LogP contribution in [0.25, 0.3) is 0 Å². The molecule has 2 fully saturated rings. The Bertz CT molecular complexity index is 1850. The van der Waals surface area contributed by atoms with Gasteiger partial charge in [0.25, 0.3) is 5.91 Å². The third kappa shape index (κ3) is 6.04. The van der Waals surface area contributed by atoms with Crippen LogP contribution < -0.4 is 9.91 Å². The van der Waals surface area contributed by atoms with E-state index in [1.165, 1.54) is 5.01 Å². The van der Waals surface area contributed by atoms with Crippen LogP contribution in [0.3, 0.4) is 0 Å². The van der Waals surface area contributed by atoms with Crippen LogP contribution in [0, 0.1) is 5.92 Å². The second-order valence-corrected chi connectivity index (χ2v) is 19.4. The highest BCUT2D eigenvalue weighted by Crippen LogP contribution is 2.60. The van der Waals surface area contributed by atoms with Crippen LogP contribution in [-0.4, -0.2) is 71.9 Å². The van der Waals surface area contributed by atoms with Crippen LogP contribution in [0.5, 0.6) is 0 Å². The summed E-state index contributed by atoms with van der Waals surface area (Å²) in [5, 5.41) is 16.1. The fourth-order valence-electron chi connectivity index (χ4n) is 8.61. The van der Waals surface area contributed by atoms with E-state index in [0.717, 1.165) is 34.2 Å². The number of benzene rings is 3. The van der Waals surface area contributed by atoms with Crippen LogP contribution in [0.1, 0.15) is 55.7 Å². The molecule has 2 N–H and O–H groups in total. The minimum absolute atomic E-state index is 0.0261. The number of carbonyl (C=O) groups is 3. The van der Waals surface area contributed by atoms with Crippen molar-refractivity contribution in [3.05, 3.63) is 94.0 Å². The van der Waals surface area contributed by atoms with Crippen molar-refractivity contribution in [3.63, 3.8) is 0 Å². The van der Waals surface area contributed by atoms with Gasteiger partial charge in [0.1, 0.15) is 0 Å². The van der Waals surface area contributed by atoms with Crippen molar-refractivity contribution in [2.45, 2.75) is 82.0 Å². The first-order chi connectivity index (χ1) is 23.9. The van der Waals surface area contributed by atoms with Crippen LogP contribution in [-0.2, 0) is 31.3 Å². The zero-order chi connectivity index (χ0) is 35.4. The summed E-state index contributed by atoms with van der Waals surface area (Å²) in [5.41, 5.74) is 2.86. The van der Waals surface area contributed by atoms with Crippen LogP contribution >= 0.6 is 15.9 Å². The molecule has 12 heteroatoms. The lowest BCUT2D eigenvalue weighted by molar-refractivity contribution is -0.150. The molecule has 50 heavy (non-hydrogen) atoms. The van der Waals surface area contributed by atoms with Crippen molar-refractivity contribution in [2.75, 3.05) is 23.1 Å². The molecular formula is C38H43BrN4O6Si. The van der Waals surface area contributed by atoms with Gasteiger partial charge < -0.3 is 24.4 Å². The van der Waals surface area contributed by atoms with Crippen LogP contribution in [0.4, 0.5) is 11.4 Å². The third-order valence-corrected chi connectivity index (χ3v) is 13.9. The largest absolute Gasteiger partial charge is 0.432 e. The van der Waals surface area contributed by atoms with Crippen molar-refractivity contribution in [2.24, 2.45) is 11.0 Å². The van der Waals surface area contributed by atoms with Gasteiger partial charge in [-0.05, 0) is 67.4 Å². The number of hydrazone groups is 1. The number of likely N-dealkylation sites (tertiary alicyclic amines) is 1. The molecule has 10 nitrogen and oxygen atoms in total. The fraction of sp³-hybridized carbons (Fsp3) is 0.421. The lowest BCUT2D eigenvalue weighted by atomic mass is 9.82. The Morgan fingerprint density at radius 2 is 1.84 bits per heavy atom. The zero-order valence-electron chi connectivity index (χ0n) is 28.6. The number of fused-ring (bicyclic) bond motifs is 2. The summed E-state index contributed by atoms with van der Waals surface area (Å²) < 4.78 is 7.68. The number of rotatable bonds is 8. The molecule has 0 aliphatic carbocycles. The first-order valence-corrected chi connectivity index (χ1v) is 21.2. The Morgan fingerprint density at radius 1 is 1.06 bits per heavy atom. The minimum atomic E-state index is -2.98. The maximum absolute atomic E-state index is 14.9. The summed E-state index contributed by atoms with van der Waals surface area (Å²) >= 11 is 3.61. The van der Waals surface area contributed by atoms with Crippen molar-refractivity contribution in [3.8, 4) is 0 Å². The maximum Gasteiger partial charge on any atom is 0.264 e. The van der Waals surface area contributed by atoms with Gasteiger partial charge in [-0.2, -0.15) is 5.10 Å². The number of nitrogens with zero attached hydrogens (tertiary/aromatic N) is 4. The summed E-state index contributed by atoms with van der Waals surface area (Å²) in [6.45, 7) is 6.35. The van der Waals surface area contributed by atoms with E-state index in [2.05, 4.69) is 15.9 Å². The van der Waals surface area contributed by atoms with E-state index >= 15 is 0 Å². The number of aliphatic hydroxyl groups excluding tert-OH is 1. The predicted molar refractivity (Wildman–Crippen MR) is 197 cm³/mol. The molecule has 7 rings (SSSR count). The molecule has 3 amide bonds. The van der Waals surface area contributed by atoms with Gasteiger partial charge in [-0.3, -0.25) is 14.4 Å². The van der Waals surface area contributed by atoms with Crippen molar-refractivity contribution in [1.82, 2.24) is 4.90 Å². The molecule has 0 bridgehead atoms. The highest BCUT2D eigenvalue weighted by Gasteiger charge is 2.66. The Hall–Kier alpha value is -3.68. The van der Waals surface area contributed by atoms with Crippen molar-refractivity contribution in [1.29, 1.82) is 0 Å². The Kier molecular flexibility index (Phi) is 9.35. The average molecular weight is 760 g/mol. The van der Waals surface area contributed by atoms with E-state index in [1.807, 2.05) is 92.8 Å². The molecule has 0 radical (unpaired) electrons. The van der Waals surface area contributed by atoms with E-state index in [0.29, 0.717) is 36.3 Å². The molecule has 3 aromatic carbocycles. The summed E-state index contributed by atoms with van der Waals surface area (Å²) in [7, 11) is -2.98. The monoisotopic (exact) mass is 758 g/mol. The minimum Gasteiger partial charge on any atom is -0.432 e.